The van der Waals surface area contributed by atoms with Crippen molar-refractivity contribution in [1.82, 2.24) is 16.0 Å². The molecule has 0 radical (unpaired) electrons. The van der Waals surface area contributed by atoms with E-state index in [1.54, 1.807) is 20.8 Å². The molecule has 0 aliphatic carbocycles. The van der Waals surface area contributed by atoms with Gasteiger partial charge < -0.3 is 122 Å². The van der Waals surface area contributed by atoms with Gasteiger partial charge in [-0.3, -0.25) is 0 Å². The van der Waals surface area contributed by atoms with Gasteiger partial charge in [-0.15, -0.1) is 0 Å². The van der Waals surface area contributed by atoms with Gasteiger partial charge in [0.1, 0.15) is 37.1 Å². The topological polar surface area (TPSA) is 818 Å². The van der Waals surface area contributed by atoms with Gasteiger partial charge >= 0.3 is 0 Å². The first-order valence-corrected chi connectivity index (χ1v) is 55.0. The van der Waals surface area contributed by atoms with Gasteiger partial charge in [-0.2, -0.15) is 0 Å². The molecular formula is C73H102Cl3N3O42S10-10. The summed E-state index contributed by atoms with van der Waals surface area (Å²) in [5.41, 5.74) is 0.640. The highest BCUT2D eigenvalue weighted by atomic mass is 35.5. The Bertz CT molecular complexity index is 5370. The van der Waals surface area contributed by atoms with Crippen LogP contribution < -0.4 is 30.2 Å². The van der Waals surface area contributed by atoms with Gasteiger partial charge in [0.2, 0.25) is 0 Å². The molecule has 0 heterocycles. The molecule has 58 heteroatoms. The van der Waals surface area contributed by atoms with Crippen molar-refractivity contribution in [2.75, 3.05) is 142 Å². The van der Waals surface area contributed by atoms with E-state index in [4.69, 9.17) is 179 Å². The molecule has 0 aliphatic rings. The summed E-state index contributed by atoms with van der Waals surface area (Å²) in [5.74, 6) is 1.95. The molecular weight excluding hydrogens is 2020 g/mol. The Hall–Kier alpha value is -6.57. The average molecular weight is 2120 g/mol. The van der Waals surface area contributed by atoms with Gasteiger partial charge in [0.25, 0.3) is 0 Å². The quantitative estimate of drug-likeness (QED) is 0.0283. The van der Waals surface area contributed by atoms with Crippen LogP contribution >= 0.6 is 34.8 Å². The lowest BCUT2D eigenvalue weighted by Crippen LogP contribution is -2.48. The first-order valence-electron chi connectivity index (χ1n) is 35.7. The van der Waals surface area contributed by atoms with E-state index in [2.05, 4.69) is 16.0 Å². The number of hydrogen-bond acceptors (Lipinski definition) is 45. The summed E-state index contributed by atoms with van der Waals surface area (Å²) in [5, 5.41) is 107. The van der Waals surface area contributed by atoms with E-state index in [-0.39, 0.29) is 79.3 Å². The lowest BCUT2D eigenvalue weighted by molar-refractivity contribution is 0.103. The van der Waals surface area contributed by atoms with Crippen LogP contribution in [0.2, 0.25) is 15.1 Å². The van der Waals surface area contributed by atoms with Gasteiger partial charge in [-0.05, 0) is 88.0 Å². The van der Waals surface area contributed by atoms with E-state index in [1.807, 2.05) is 127 Å². The lowest BCUT2D eigenvalue weighted by Gasteiger charge is -2.27. The van der Waals surface area contributed by atoms with Gasteiger partial charge in [0.05, 0.1) is 192 Å². The Balaban J connectivity index is -0.000000733. The summed E-state index contributed by atoms with van der Waals surface area (Å²) in [4.78, 5) is 0. The zero-order valence-electron chi connectivity index (χ0n) is 71.9. The van der Waals surface area contributed by atoms with Crippen molar-refractivity contribution in [2.45, 2.75) is 57.0 Å². The fourth-order valence-electron chi connectivity index (χ4n) is 9.55. The minimum atomic E-state index is -3.92. The summed E-state index contributed by atoms with van der Waals surface area (Å²) in [6, 6.07) is 40.6. The minimum absolute atomic E-state index is 0.0884. The average Bonchev–Trinajstić information content (AvgIpc) is 0.757. The van der Waals surface area contributed by atoms with Gasteiger partial charge in [-0.1, -0.05) is 144 Å². The summed E-state index contributed by atoms with van der Waals surface area (Å²) in [7, 11) is -39.2. The van der Waals surface area contributed by atoms with E-state index in [9.17, 15) is 46.0 Å². The molecule has 0 bridgehead atoms. The number of ether oxygens (including phenoxy) is 3. The number of hydrogen-bond donors (Lipinski definition) is 12. The molecule has 0 atom stereocenters. The highest BCUT2D eigenvalue weighted by Gasteiger charge is 2.27. The summed E-state index contributed by atoms with van der Waals surface area (Å²) < 4.78 is 290. The molecule has 9 aromatic carbocycles. The Morgan fingerprint density at radius 3 is 0.527 bits per heavy atom. The molecule has 0 unspecified atom stereocenters. The first-order chi connectivity index (χ1) is 59.1. The second-order valence-electron chi connectivity index (χ2n) is 27.5. The number of benzene rings is 9. The van der Waals surface area contributed by atoms with E-state index in [1.165, 1.54) is 0 Å². The SMILES string of the molecule is CC(CO)(CO)NCc1c2ccccc2c(OCCO)c2c(Cl)cccc12.CC(CO)(CO)NCc1c2ccccc2c(OCCO)c2c(Cl)cccc12.CC(CO)(CO)NCc1c2ccccc2c(OCCO)c2c(Cl)cccc12.CS(=O)(=O)[O-].CS(=O)(=O)[O-].CS(=O)(=O)[O-].CS(=O)(=O)[O-].CS(=O)(=O)[O-].CS(=O)(=O)[O-].CS(=O)(=O)[O-].CS(=O)(=O)[O-].CS(=O)(=O)[O-].CS(=O)(=O)[O-]. The molecule has 0 amide bonds. The van der Waals surface area contributed by atoms with Crippen LogP contribution in [0.1, 0.15) is 37.5 Å². The Kier molecular flexibility index (Phi) is 59.3. The molecule has 0 aliphatic heterocycles. The molecule has 131 heavy (non-hydrogen) atoms. The largest absolute Gasteiger partial charge is 0.748 e. The van der Waals surface area contributed by atoms with E-state index >= 15 is 0 Å². The van der Waals surface area contributed by atoms with Gasteiger partial charge in [0.15, 0.2) is 0 Å². The number of halogens is 3. The van der Waals surface area contributed by atoms with Crippen LogP contribution in [0.4, 0.5) is 0 Å². The Morgan fingerprint density at radius 2 is 0.389 bits per heavy atom. The normalized spacial score (nSPS) is 11.9. The highest BCUT2D eigenvalue weighted by molar-refractivity contribution is 7.87. The maximum Gasteiger partial charge on any atom is 0.136 e. The lowest BCUT2D eigenvalue weighted by atomic mass is 9.94. The molecule has 0 aromatic heterocycles. The smallest absolute Gasteiger partial charge is 0.136 e. The molecule has 0 spiro atoms. The summed E-state index contributed by atoms with van der Waals surface area (Å²) >= 11 is 19.5. The maximum absolute atomic E-state index is 9.59. The van der Waals surface area contributed by atoms with Gasteiger partial charge in [0, 0.05) is 115 Å². The van der Waals surface area contributed by atoms with Crippen molar-refractivity contribution in [2.24, 2.45) is 0 Å². The molecule has 0 saturated heterocycles. The van der Waals surface area contributed by atoms with Crippen molar-refractivity contribution in [3.05, 3.63) is 159 Å². The minimum Gasteiger partial charge on any atom is -0.748 e. The highest BCUT2D eigenvalue weighted by Crippen LogP contribution is 2.45. The Morgan fingerprint density at radius 1 is 0.252 bits per heavy atom. The predicted octanol–water partition coefficient (Wildman–Crippen LogP) is 0.165. The first kappa shape index (κ1) is 131. The third-order valence-electron chi connectivity index (χ3n) is 14.4. The van der Waals surface area contributed by atoms with Crippen molar-refractivity contribution in [3.63, 3.8) is 0 Å². The maximum atomic E-state index is 9.59. The third kappa shape index (κ3) is 67.3. The zero-order valence-corrected chi connectivity index (χ0v) is 82.4. The molecule has 0 fully saturated rings. The predicted molar refractivity (Wildman–Crippen MR) is 482 cm³/mol. The van der Waals surface area contributed by atoms with Crippen LogP contribution in [-0.4, -0.2) is 334 Å². The fourth-order valence-corrected chi connectivity index (χ4v) is 10.3. The third-order valence-corrected chi connectivity index (χ3v) is 15.3. The van der Waals surface area contributed by atoms with E-state index in [0.717, 1.165) is 81.3 Å². The fraction of sp³-hybridized carbons (Fsp3) is 0.425. The molecule has 752 valence electrons. The van der Waals surface area contributed by atoms with Crippen LogP contribution in [-0.2, 0) is 121 Å². The van der Waals surface area contributed by atoms with Gasteiger partial charge in [-0.25, -0.2) is 84.2 Å². The molecule has 12 N–H and O–H groups in total. The number of aliphatic hydroxyl groups excluding tert-OH is 9. The molecule has 9 rings (SSSR count). The van der Waals surface area contributed by atoms with Crippen molar-refractivity contribution in [1.29, 1.82) is 0 Å². The standard InChI is InChI=1S/3C21H24ClNO4.10CH4O3S/c3*1-21(12-25,13-26)23-11-17-14-5-2-3-6-16(14)20(27-10-9-24)19-15(17)7-4-8-18(19)22;10*1-5(2,3)4/h3*2-8,23-26H,9-13H2,1H3;10*1H3,(H,2,3,4)/p-10. The van der Waals surface area contributed by atoms with E-state index < -0.39 is 118 Å². The Labute approximate surface area is 775 Å². The number of aliphatic hydroxyl groups is 9. The monoisotopic (exact) mass is 2120 g/mol. The van der Waals surface area contributed by atoms with Crippen LogP contribution in [0.25, 0.3) is 64.6 Å². The number of fused-ring (bicyclic) bond motifs is 6. The molecule has 45 nitrogen and oxygen atoms in total. The van der Waals surface area contributed by atoms with Crippen LogP contribution in [0.15, 0.2) is 127 Å². The van der Waals surface area contributed by atoms with E-state index in [0.29, 0.717) is 115 Å². The second kappa shape index (κ2) is 59.4. The summed E-state index contributed by atoms with van der Waals surface area (Å²) in [6.45, 7) is 5.79. The van der Waals surface area contributed by atoms with Crippen LogP contribution in [0.5, 0.6) is 17.2 Å². The second-order valence-corrected chi connectivity index (χ2v) is 42.8. The molecule has 0 saturated carbocycles. The van der Waals surface area contributed by atoms with Crippen molar-refractivity contribution < 1.29 is 190 Å². The van der Waals surface area contributed by atoms with Crippen molar-refractivity contribution in [3.8, 4) is 17.2 Å². The van der Waals surface area contributed by atoms with Crippen molar-refractivity contribution >= 4 is 201 Å². The molecule has 9 aromatic rings. The number of rotatable bonds is 24. The van der Waals surface area contributed by atoms with Crippen LogP contribution in [0.3, 0.4) is 0 Å². The number of nitrogens with one attached hydrogen (secondary N) is 3. The zero-order chi connectivity index (χ0) is 103. The summed E-state index contributed by atoms with van der Waals surface area (Å²) in [6.07, 6.45) is 6.04. The van der Waals surface area contributed by atoms with Crippen LogP contribution in [0, 0.1) is 0 Å².